The van der Waals surface area contributed by atoms with Gasteiger partial charge in [0.25, 0.3) is 0 Å². The van der Waals surface area contributed by atoms with Crippen molar-refractivity contribution in [2.24, 2.45) is 0 Å². The molecule has 4 rings (SSSR count). The van der Waals surface area contributed by atoms with E-state index in [1.54, 1.807) is 24.5 Å². The van der Waals surface area contributed by atoms with E-state index in [0.29, 0.717) is 32.0 Å². The van der Waals surface area contributed by atoms with Crippen molar-refractivity contribution in [1.82, 2.24) is 19.4 Å². The summed E-state index contributed by atoms with van der Waals surface area (Å²) in [6, 6.07) is 5.33. The number of nitrogens with one attached hydrogen (secondary N) is 2. The Bertz CT molecular complexity index is 976. The van der Waals surface area contributed by atoms with E-state index in [2.05, 4.69) is 15.7 Å². The molecule has 11 heteroatoms. The summed E-state index contributed by atoms with van der Waals surface area (Å²) in [5.41, 5.74) is 0.563. The number of anilines is 1. The van der Waals surface area contributed by atoms with Crippen LogP contribution >= 0.6 is 0 Å². The van der Waals surface area contributed by atoms with Crippen molar-refractivity contribution in [3.8, 4) is 5.69 Å². The number of hydrogen-bond acceptors (Lipinski definition) is 6. The first-order valence-corrected chi connectivity index (χ1v) is 10.9. The second kappa shape index (κ2) is 8.19. The summed E-state index contributed by atoms with van der Waals surface area (Å²) >= 11 is 0. The van der Waals surface area contributed by atoms with Gasteiger partial charge in [0.2, 0.25) is 15.9 Å². The molecule has 29 heavy (non-hydrogen) atoms. The molecule has 2 unspecified atom stereocenters. The van der Waals surface area contributed by atoms with Crippen molar-refractivity contribution in [3.05, 3.63) is 42.5 Å². The number of carbonyl (C=O) groups excluding carboxylic acids is 1. The van der Waals surface area contributed by atoms with Crippen LogP contribution in [0.4, 0.5) is 10.1 Å². The molecule has 1 aromatic carbocycles. The van der Waals surface area contributed by atoms with Gasteiger partial charge in [-0.25, -0.2) is 17.5 Å². The second-order valence-corrected chi connectivity index (χ2v) is 9.19. The van der Waals surface area contributed by atoms with Gasteiger partial charge in [-0.1, -0.05) is 0 Å². The molecule has 2 fully saturated rings. The predicted octanol–water partition coefficient (Wildman–Crippen LogP) is 0.342. The quantitative estimate of drug-likeness (QED) is 0.719. The minimum atomic E-state index is -3.50. The van der Waals surface area contributed by atoms with Gasteiger partial charge in [0.05, 0.1) is 24.5 Å². The molecule has 2 atom stereocenters. The van der Waals surface area contributed by atoms with Crippen molar-refractivity contribution in [2.45, 2.75) is 17.7 Å². The number of rotatable bonds is 5. The van der Waals surface area contributed by atoms with Gasteiger partial charge in [-0.15, -0.1) is 0 Å². The van der Waals surface area contributed by atoms with Crippen molar-refractivity contribution < 1.29 is 22.3 Å². The Morgan fingerprint density at radius 3 is 2.79 bits per heavy atom. The average Bonchev–Trinajstić information content (AvgIpc) is 3.41. The first-order chi connectivity index (χ1) is 13.9. The van der Waals surface area contributed by atoms with E-state index in [-0.39, 0.29) is 18.7 Å². The standard InChI is InChI=1S/C18H22FN5O4S/c19-15-10-13(2-3-17(15)24-5-1-4-21-24)22-18(25)16-11-14(12-20-16)29(26,27)23-6-8-28-9-7-23/h1-5,10,14,16,20H,6-9,11-12H2,(H,22,25). The first kappa shape index (κ1) is 20.0. The molecule has 0 bridgehead atoms. The number of sulfonamides is 1. The molecule has 0 aliphatic carbocycles. The van der Waals surface area contributed by atoms with E-state index >= 15 is 0 Å². The van der Waals surface area contributed by atoms with E-state index < -0.39 is 33.0 Å². The Labute approximate surface area is 167 Å². The summed E-state index contributed by atoms with van der Waals surface area (Å²) in [6.45, 7) is 1.62. The zero-order valence-corrected chi connectivity index (χ0v) is 16.4. The van der Waals surface area contributed by atoms with E-state index in [9.17, 15) is 17.6 Å². The van der Waals surface area contributed by atoms with Crippen LogP contribution in [-0.4, -0.2) is 72.6 Å². The highest BCUT2D eigenvalue weighted by Gasteiger charge is 2.40. The lowest BCUT2D eigenvalue weighted by Crippen LogP contribution is -2.45. The van der Waals surface area contributed by atoms with E-state index in [1.165, 1.54) is 21.1 Å². The smallest absolute Gasteiger partial charge is 0.241 e. The molecule has 2 aliphatic heterocycles. The van der Waals surface area contributed by atoms with Crippen LogP contribution in [0.25, 0.3) is 5.69 Å². The minimum Gasteiger partial charge on any atom is -0.379 e. The summed E-state index contributed by atoms with van der Waals surface area (Å²) in [7, 11) is -3.50. The molecule has 2 saturated heterocycles. The fourth-order valence-corrected chi connectivity index (χ4v) is 5.38. The number of benzene rings is 1. The molecule has 0 saturated carbocycles. The highest BCUT2D eigenvalue weighted by molar-refractivity contribution is 7.89. The number of hydrogen-bond donors (Lipinski definition) is 2. The van der Waals surface area contributed by atoms with Crippen molar-refractivity contribution >= 4 is 21.6 Å². The van der Waals surface area contributed by atoms with Crippen LogP contribution in [0.5, 0.6) is 0 Å². The average molecular weight is 423 g/mol. The summed E-state index contributed by atoms with van der Waals surface area (Å²) < 4.78 is 47.9. The summed E-state index contributed by atoms with van der Waals surface area (Å²) in [5.74, 6) is -0.922. The lowest BCUT2D eigenvalue weighted by molar-refractivity contribution is -0.117. The molecule has 3 heterocycles. The Kier molecular flexibility index (Phi) is 5.63. The molecule has 2 N–H and O–H groups in total. The number of amides is 1. The van der Waals surface area contributed by atoms with Crippen LogP contribution in [0.15, 0.2) is 36.7 Å². The number of nitrogens with zero attached hydrogens (tertiary/aromatic N) is 3. The maximum absolute atomic E-state index is 14.3. The maximum Gasteiger partial charge on any atom is 0.241 e. The third kappa shape index (κ3) is 4.17. The van der Waals surface area contributed by atoms with Gasteiger partial charge in [-0.2, -0.15) is 9.40 Å². The Hall–Kier alpha value is -2.34. The zero-order chi connectivity index (χ0) is 20.4. The SMILES string of the molecule is O=C(Nc1ccc(-n2cccn2)c(F)c1)C1CC(S(=O)(=O)N2CCOCC2)CN1. The Morgan fingerprint density at radius 1 is 1.31 bits per heavy atom. The fraction of sp³-hybridized carbons (Fsp3) is 0.444. The molecule has 9 nitrogen and oxygen atoms in total. The Balaban J connectivity index is 1.39. The van der Waals surface area contributed by atoms with Gasteiger partial charge in [-0.05, 0) is 30.7 Å². The van der Waals surface area contributed by atoms with Crippen LogP contribution in [-0.2, 0) is 19.6 Å². The molecule has 1 amide bonds. The molecular formula is C18H22FN5O4S. The number of aromatic nitrogens is 2. The zero-order valence-electron chi connectivity index (χ0n) is 15.6. The van der Waals surface area contributed by atoms with Crippen molar-refractivity contribution in [1.29, 1.82) is 0 Å². The molecular weight excluding hydrogens is 401 g/mol. The van der Waals surface area contributed by atoms with Gasteiger partial charge >= 0.3 is 0 Å². The van der Waals surface area contributed by atoms with Gasteiger partial charge in [0.1, 0.15) is 5.69 Å². The molecule has 0 radical (unpaired) electrons. The van der Waals surface area contributed by atoms with Crippen molar-refractivity contribution in [2.75, 3.05) is 38.2 Å². The lowest BCUT2D eigenvalue weighted by atomic mass is 10.2. The monoisotopic (exact) mass is 423 g/mol. The van der Waals surface area contributed by atoms with Gasteiger partial charge in [-0.3, -0.25) is 4.79 Å². The fourth-order valence-electron chi connectivity index (χ4n) is 3.55. The van der Waals surface area contributed by atoms with Crippen LogP contribution in [0, 0.1) is 5.82 Å². The predicted molar refractivity (Wildman–Crippen MR) is 104 cm³/mol. The number of halogens is 1. The second-order valence-electron chi connectivity index (χ2n) is 6.98. The van der Waals surface area contributed by atoms with Gasteiger partial charge in [0.15, 0.2) is 5.82 Å². The third-order valence-electron chi connectivity index (χ3n) is 5.12. The van der Waals surface area contributed by atoms with Crippen LogP contribution in [0.1, 0.15) is 6.42 Å². The topological polar surface area (TPSA) is 106 Å². The molecule has 2 aromatic rings. The van der Waals surface area contributed by atoms with Gasteiger partial charge < -0.3 is 15.4 Å². The normalized spacial score (nSPS) is 23.2. The highest BCUT2D eigenvalue weighted by Crippen LogP contribution is 2.22. The molecule has 2 aliphatic rings. The molecule has 0 spiro atoms. The largest absolute Gasteiger partial charge is 0.379 e. The first-order valence-electron chi connectivity index (χ1n) is 9.35. The van der Waals surface area contributed by atoms with Crippen LogP contribution in [0.3, 0.4) is 0 Å². The third-order valence-corrected chi connectivity index (χ3v) is 7.41. The van der Waals surface area contributed by atoms with Crippen LogP contribution in [0.2, 0.25) is 0 Å². The van der Waals surface area contributed by atoms with E-state index in [0.717, 1.165) is 0 Å². The summed E-state index contributed by atoms with van der Waals surface area (Å²) in [6.07, 6.45) is 3.33. The van der Waals surface area contributed by atoms with Crippen molar-refractivity contribution in [3.63, 3.8) is 0 Å². The Morgan fingerprint density at radius 2 is 2.10 bits per heavy atom. The lowest BCUT2D eigenvalue weighted by Gasteiger charge is -2.28. The molecule has 1 aromatic heterocycles. The minimum absolute atomic E-state index is 0.166. The number of ether oxygens (including phenoxy) is 1. The van der Waals surface area contributed by atoms with Crippen LogP contribution < -0.4 is 10.6 Å². The van der Waals surface area contributed by atoms with E-state index in [4.69, 9.17) is 4.74 Å². The summed E-state index contributed by atoms with van der Waals surface area (Å²) in [4.78, 5) is 12.5. The van der Waals surface area contributed by atoms with E-state index in [1.807, 2.05) is 0 Å². The highest BCUT2D eigenvalue weighted by atomic mass is 32.2. The number of carbonyl (C=O) groups is 1. The molecule has 156 valence electrons. The number of morpholine rings is 1. The summed E-state index contributed by atoms with van der Waals surface area (Å²) in [5, 5.41) is 8.92. The maximum atomic E-state index is 14.3. The van der Waals surface area contributed by atoms with Gasteiger partial charge in [0, 0.05) is 37.7 Å².